The van der Waals surface area contributed by atoms with Gasteiger partial charge in [-0.1, -0.05) is 20.8 Å². The Morgan fingerprint density at radius 2 is 2.10 bits per heavy atom. The first-order chi connectivity index (χ1) is 9.64. The first kappa shape index (κ1) is 16.7. The van der Waals surface area contributed by atoms with Crippen molar-refractivity contribution in [1.29, 1.82) is 0 Å². The molecule has 5 nitrogen and oxygen atoms in total. The summed E-state index contributed by atoms with van der Waals surface area (Å²) in [5.41, 5.74) is 1.06. The molecular formula is C15H27N3O2. The van der Waals surface area contributed by atoms with Gasteiger partial charge in [-0.2, -0.15) is 5.10 Å². The highest BCUT2D eigenvalue weighted by Crippen LogP contribution is 2.15. The Bertz CT molecular complexity index is 400. The highest BCUT2D eigenvalue weighted by molar-refractivity contribution is 5.69. The van der Waals surface area contributed by atoms with Crippen molar-refractivity contribution in [3.63, 3.8) is 0 Å². The van der Waals surface area contributed by atoms with Gasteiger partial charge in [0.2, 0.25) is 0 Å². The number of esters is 1. The quantitative estimate of drug-likeness (QED) is 0.653. The number of carbonyl (C=O) groups is 1. The van der Waals surface area contributed by atoms with Gasteiger partial charge in [0.15, 0.2) is 0 Å². The minimum Gasteiger partial charge on any atom is -0.469 e. The van der Waals surface area contributed by atoms with Crippen LogP contribution in [0, 0.1) is 0 Å². The maximum absolute atomic E-state index is 11.2. The van der Waals surface area contributed by atoms with Crippen LogP contribution >= 0.6 is 0 Å². The molecule has 1 rings (SSSR count). The Balaban J connectivity index is 2.55. The topological polar surface area (TPSA) is 47.4 Å². The van der Waals surface area contributed by atoms with Crippen molar-refractivity contribution < 1.29 is 9.53 Å². The normalized spacial score (nSPS) is 11.3. The molecule has 0 aliphatic carbocycles. The number of methoxy groups -OCH3 is 1. The zero-order chi connectivity index (χ0) is 15.0. The van der Waals surface area contributed by atoms with Crippen molar-refractivity contribution in [2.75, 3.05) is 20.2 Å². The molecule has 1 heterocycles. The van der Waals surface area contributed by atoms with Crippen LogP contribution in [0.15, 0.2) is 12.3 Å². The maximum atomic E-state index is 11.2. The molecule has 0 spiro atoms. The molecule has 0 aliphatic rings. The van der Waals surface area contributed by atoms with E-state index in [-0.39, 0.29) is 5.97 Å². The van der Waals surface area contributed by atoms with E-state index < -0.39 is 0 Å². The third-order valence-electron chi connectivity index (χ3n) is 3.67. The number of nitrogens with zero attached hydrogens (tertiary/aromatic N) is 3. The van der Waals surface area contributed by atoms with E-state index in [4.69, 9.17) is 0 Å². The van der Waals surface area contributed by atoms with Gasteiger partial charge >= 0.3 is 5.97 Å². The number of rotatable bonds is 9. The van der Waals surface area contributed by atoms with Crippen LogP contribution in [-0.4, -0.2) is 40.8 Å². The largest absolute Gasteiger partial charge is 0.469 e. The van der Waals surface area contributed by atoms with Crippen molar-refractivity contribution in [2.45, 2.75) is 52.6 Å². The van der Waals surface area contributed by atoms with Crippen LogP contribution in [0.25, 0.3) is 0 Å². The zero-order valence-electron chi connectivity index (χ0n) is 13.1. The summed E-state index contributed by atoms with van der Waals surface area (Å²) >= 11 is 0. The van der Waals surface area contributed by atoms with Gasteiger partial charge in [0.1, 0.15) is 0 Å². The van der Waals surface area contributed by atoms with Crippen molar-refractivity contribution in [3.05, 3.63) is 18.0 Å². The van der Waals surface area contributed by atoms with Gasteiger partial charge < -0.3 is 4.74 Å². The Kier molecular flexibility index (Phi) is 7.30. The van der Waals surface area contributed by atoms with Crippen molar-refractivity contribution in [2.24, 2.45) is 0 Å². The first-order valence-electron chi connectivity index (χ1n) is 7.47. The summed E-state index contributed by atoms with van der Waals surface area (Å²) in [4.78, 5) is 13.4. The second-order valence-corrected chi connectivity index (χ2v) is 4.95. The minimum atomic E-state index is -0.161. The van der Waals surface area contributed by atoms with E-state index in [2.05, 4.69) is 52.5 Å². The lowest BCUT2D eigenvalue weighted by molar-refractivity contribution is -0.141. The average molecular weight is 281 g/mol. The summed E-state index contributed by atoms with van der Waals surface area (Å²) in [6.45, 7) is 8.85. The monoisotopic (exact) mass is 281 g/mol. The fraction of sp³-hybridized carbons (Fsp3) is 0.733. The van der Waals surface area contributed by atoms with Gasteiger partial charge in [-0.3, -0.25) is 14.4 Å². The summed E-state index contributed by atoms with van der Waals surface area (Å²) in [5.74, 6) is -0.161. The second-order valence-electron chi connectivity index (χ2n) is 4.95. The van der Waals surface area contributed by atoms with Crippen LogP contribution < -0.4 is 0 Å². The second kappa shape index (κ2) is 8.74. The van der Waals surface area contributed by atoms with Gasteiger partial charge in [-0.15, -0.1) is 0 Å². The third-order valence-corrected chi connectivity index (χ3v) is 3.67. The predicted molar refractivity (Wildman–Crippen MR) is 79.4 cm³/mol. The smallest absolute Gasteiger partial charge is 0.306 e. The van der Waals surface area contributed by atoms with Gasteiger partial charge in [0, 0.05) is 19.3 Å². The molecular weight excluding hydrogens is 254 g/mol. The van der Waals surface area contributed by atoms with E-state index in [0.29, 0.717) is 19.0 Å². The molecule has 20 heavy (non-hydrogen) atoms. The highest BCUT2D eigenvalue weighted by Gasteiger charge is 2.11. The molecule has 5 heteroatoms. The standard InChI is InChI=1S/C15H27N3O2/c1-5-14(6-2)18-11-8-13(16-18)12-17(7-3)10-9-15(19)20-4/h8,11,14H,5-7,9-10,12H2,1-4H3. The molecule has 1 aromatic heterocycles. The van der Waals surface area contributed by atoms with Gasteiger partial charge in [-0.25, -0.2) is 0 Å². The number of carbonyl (C=O) groups excluding carboxylic acids is 1. The first-order valence-corrected chi connectivity index (χ1v) is 7.47. The SMILES string of the molecule is CCC(CC)n1ccc(CN(CC)CCC(=O)OC)n1. The summed E-state index contributed by atoms with van der Waals surface area (Å²) < 4.78 is 6.73. The zero-order valence-corrected chi connectivity index (χ0v) is 13.1. The molecule has 0 aliphatic heterocycles. The Hall–Kier alpha value is -1.36. The molecule has 0 fully saturated rings. The summed E-state index contributed by atoms with van der Waals surface area (Å²) in [5, 5.41) is 4.65. The van der Waals surface area contributed by atoms with Gasteiger partial charge in [-0.05, 0) is 25.5 Å². The van der Waals surface area contributed by atoms with E-state index in [1.807, 2.05) is 0 Å². The van der Waals surface area contributed by atoms with Crippen molar-refractivity contribution in [1.82, 2.24) is 14.7 Å². The van der Waals surface area contributed by atoms with E-state index in [9.17, 15) is 4.79 Å². The lowest BCUT2D eigenvalue weighted by Gasteiger charge is -2.18. The molecule has 0 amide bonds. The molecule has 0 saturated heterocycles. The number of hydrogen-bond acceptors (Lipinski definition) is 4. The fourth-order valence-corrected chi connectivity index (χ4v) is 2.26. The highest BCUT2D eigenvalue weighted by atomic mass is 16.5. The van der Waals surface area contributed by atoms with E-state index in [1.54, 1.807) is 0 Å². The molecule has 0 bridgehead atoms. The Morgan fingerprint density at radius 3 is 2.65 bits per heavy atom. The molecule has 0 aromatic carbocycles. The van der Waals surface area contributed by atoms with Crippen LogP contribution in [0.5, 0.6) is 0 Å². The summed E-state index contributed by atoms with van der Waals surface area (Å²) in [6, 6.07) is 2.55. The van der Waals surface area contributed by atoms with Crippen molar-refractivity contribution >= 4 is 5.97 Å². The Morgan fingerprint density at radius 1 is 1.40 bits per heavy atom. The van der Waals surface area contributed by atoms with Crippen LogP contribution in [0.4, 0.5) is 0 Å². The minimum absolute atomic E-state index is 0.161. The van der Waals surface area contributed by atoms with Gasteiger partial charge in [0.05, 0.1) is 25.3 Å². The molecule has 114 valence electrons. The van der Waals surface area contributed by atoms with E-state index >= 15 is 0 Å². The average Bonchev–Trinajstić information content (AvgIpc) is 2.92. The summed E-state index contributed by atoms with van der Waals surface area (Å²) in [6.07, 6.45) is 4.67. The molecule has 0 unspecified atom stereocenters. The number of hydrogen-bond donors (Lipinski definition) is 0. The molecule has 1 aromatic rings. The Labute approximate surface area is 121 Å². The molecule has 0 radical (unpaired) electrons. The number of ether oxygens (including phenoxy) is 1. The lowest BCUT2D eigenvalue weighted by atomic mass is 10.2. The van der Waals surface area contributed by atoms with Crippen LogP contribution in [-0.2, 0) is 16.1 Å². The van der Waals surface area contributed by atoms with Crippen LogP contribution in [0.1, 0.15) is 51.8 Å². The molecule has 0 atom stereocenters. The van der Waals surface area contributed by atoms with Crippen molar-refractivity contribution in [3.8, 4) is 0 Å². The summed E-state index contributed by atoms with van der Waals surface area (Å²) in [7, 11) is 1.43. The van der Waals surface area contributed by atoms with Crippen LogP contribution in [0.3, 0.4) is 0 Å². The van der Waals surface area contributed by atoms with E-state index in [1.165, 1.54) is 7.11 Å². The number of aromatic nitrogens is 2. The maximum Gasteiger partial charge on any atom is 0.306 e. The van der Waals surface area contributed by atoms with E-state index in [0.717, 1.165) is 31.6 Å². The van der Waals surface area contributed by atoms with Crippen LogP contribution in [0.2, 0.25) is 0 Å². The molecule has 0 saturated carbocycles. The fourth-order valence-electron chi connectivity index (χ4n) is 2.26. The third kappa shape index (κ3) is 4.96. The van der Waals surface area contributed by atoms with Gasteiger partial charge in [0.25, 0.3) is 0 Å². The lowest BCUT2D eigenvalue weighted by Crippen LogP contribution is -2.26. The molecule has 0 N–H and O–H groups in total. The predicted octanol–water partition coefficient (Wildman–Crippen LogP) is 2.63.